The van der Waals surface area contributed by atoms with Gasteiger partial charge in [0.25, 0.3) is 5.91 Å². The van der Waals surface area contributed by atoms with Gasteiger partial charge in [-0.15, -0.1) is 0 Å². The number of amides is 2. The van der Waals surface area contributed by atoms with Gasteiger partial charge in [0.05, 0.1) is 5.75 Å². The molecule has 1 atom stereocenters. The van der Waals surface area contributed by atoms with Crippen LogP contribution in [0.5, 0.6) is 0 Å². The number of sulfone groups is 1. The van der Waals surface area contributed by atoms with Gasteiger partial charge in [-0.1, -0.05) is 24.3 Å². The fraction of sp³-hybridized carbons (Fsp3) is 0.389. The Labute approximate surface area is 152 Å². The Hall–Kier alpha value is -2.48. The summed E-state index contributed by atoms with van der Waals surface area (Å²) in [7, 11) is -3.45. The third-order valence-electron chi connectivity index (χ3n) is 4.38. The molecule has 138 valence electrons. The number of benzene rings is 1. The zero-order valence-corrected chi connectivity index (χ0v) is 15.3. The number of carbonyl (C=O) groups is 2. The molecule has 26 heavy (non-hydrogen) atoms. The molecule has 0 radical (unpaired) electrons. The predicted molar refractivity (Wildman–Crippen MR) is 98.5 cm³/mol. The van der Waals surface area contributed by atoms with Crippen molar-refractivity contribution in [1.29, 1.82) is 0 Å². The molecule has 1 aromatic heterocycles. The van der Waals surface area contributed by atoms with Gasteiger partial charge in [-0.25, -0.2) is 8.42 Å². The molecule has 1 aromatic carbocycles. The van der Waals surface area contributed by atoms with Gasteiger partial charge < -0.3 is 10.2 Å². The van der Waals surface area contributed by atoms with Crippen molar-refractivity contribution in [1.82, 2.24) is 15.2 Å². The summed E-state index contributed by atoms with van der Waals surface area (Å²) in [6.07, 6.45) is 4.34. The number of rotatable bonds is 5. The lowest BCUT2D eigenvalue weighted by Gasteiger charge is -2.23. The van der Waals surface area contributed by atoms with E-state index in [9.17, 15) is 18.0 Å². The monoisotopic (exact) mass is 375 g/mol. The normalized spacial score (nSPS) is 15.8. The minimum absolute atomic E-state index is 0.177. The number of fused-ring (bicyclic) bond motifs is 1. The molecule has 1 N–H and O–H groups in total. The van der Waals surface area contributed by atoms with E-state index in [1.54, 1.807) is 23.1 Å². The van der Waals surface area contributed by atoms with Crippen molar-refractivity contribution in [3.63, 3.8) is 0 Å². The minimum Gasteiger partial charge on any atom is -0.341 e. The molecule has 1 saturated heterocycles. The Bertz CT molecular complexity index is 931. The molecule has 7 nitrogen and oxygen atoms in total. The van der Waals surface area contributed by atoms with E-state index in [-0.39, 0.29) is 11.6 Å². The van der Waals surface area contributed by atoms with E-state index in [4.69, 9.17) is 0 Å². The van der Waals surface area contributed by atoms with Crippen LogP contribution < -0.4 is 5.32 Å². The van der Waals surface area contributed by atoms with Crippen molar-refractivity contribution in [3.8, 4) is 0 Å². The highest BCUT2D eigenvalue weighted by molar-refractivity contribution is 7.90. The van der Waals surface area contributed by atoms with Crippen LogP contribution in [-0.2, 0) is 14.6 Å². The van der Waals surface area contributed by atoms with Crippen molar-refractivity contribution >= 4 is 32.4 Å². The lowest BCUT2D eigenvalue weighted by Crippen LogP contribution is -2.51. The largest absolute Gasteiger partial charge is 0.341 e. The lowest BCUT2D eigenvalue weighted by molar-refractivity contribution is -0.131. The first-order chi connectivity index (χ1) is 12.3. The predicted octanol–water partition coefficient (Wildman–Crippen LogP) is 1.00. The van der Waals surface area contributed by atoms with Crippen molar-refractivity contribution in [2.75, 3.05) is 25.1 Å². The summed E-state index contributed by atoms with van der Waals surface area (Å²) < 4.78 is 23.5. The summed E-state index contributed by atoms with van der Waals surface area (Å²) in [6, 6.07) is 7.95. The van der Waals surface area contributed by atoms with Crippen molar-refractivity contribution in [2.24, 2.45) is 0 Å². The standard InChI is InChI=1S/C18H21N3O4S/c1-26(24,25)12-15(18(23)21-10-4-5-11-21)20-17(22)16-14-7-3-2-6-13(14)8-9-19-16/h2-3,6-9,15H,4-5,10-12H2,1H3,(H,20,22). The molecule has 0 spiro atoms. The Kier molecular flexibility index (Phi) is 5.22. The Balaban J connectivity index is 1.87. The summed E-state index contributed by atoms with van der Waals surface area (Å²) in [5.74, 6) is -1.34. The maximum atomic E-state index is 12.7. The topological polar surface area (TPSA) is 96.4 Å². The molecular weight excluding hydrogens is 354 g/mol. The summed E-state index contributed by atoms with van der Waals surface area (Å²) in [5.41, 5.74) is 0.177. The van der Waals surface area contributed by atoms with E-state index >= 15 is 0 Å². The first-order valence-corrected chi connectivity index (χ1v) is 10.5. The highest BCUT2D eigenvalue weighted by atomic mass is 32.2. The van der Waals surface area contributed by atoms with Crippen LogP contribution in [0.3, 0.4) is 0 Å². The van der Waals surface area contributed by atoms with E-state index in [0.29, 0.717) is 18.5 Å². The number of hydrogen-bond donors (Lipinski definition) is 1. The average molecular weight is 375 g/mol. The van der Waals surface area contributed by atoms with Gasteiger partial charge in [0, 0.05) is 30.9 Å². The van der Waals surface area contributed by atoms with Crippen molar-refractivity contribution in [2.45, 2.75) is 18.9 Å². The number of carbonyl (C=O) groups excluding carboxylic acids is 2. The minimum atomic E-state index is -3.45. The molecule has 3 rings (SSSR count). The second-order valence-electron chi connectivity index (χ2n) is 6.53. The number of aromatic nitrogens is 1. The maximum Gasteiger partial charge on any atom is 0.271 e. The summed E-state index contributed by atoms with van der Waals surface area (Å²) in [6.45, 7) is 1.17. The highest BCUT2D eigenvalue weighted by Crippen LogP contribution is 2.17. The van der Waals surface area contributed by atoms with E-state index in [1.807, 2.05) is 12.1 Å². The van der Waals surface area contributed by atoms with E-state index in [2.05, 4.69) is 10.3 Å². The quantitative estimate of drug-likeness (QED) is 0.841. The molecule has 8 heteroatoms. The van der Waals surface area contributed by atoms with Crippen LogP contribution in [-0.4, -0.2) is 61.3 Å². The zero-order chi connectivity index (χ0) is 18.7. The van der Waals surface area contributed by atoms with Crippen molar-refractivity contribution in [3.05, 3.63) is 42.2 Å². The SMILES string of the molecule is CS(=O)(=O)CC(NC(=O)c1nccc2ccccc12)C(=O)N1CCCC1. The van der Waals surface area contributed by atoms with Gasteiger partial charge in [0.1, 0.15) is 21.6 Å². The average Bonchev–Trinajstić information content (AvgIpc) is 3.13. The van der Waals surface area contributed by atoms with Crippen LogP contribution in [0.2, 0.25) is 0 Å². The van der Waals surface area contributed by atoms with Gasteiger partial charge in [-0.05, 0) is 24.3 Å². The summed E-state index contributed by atoms with van der Waals surface area (Å²) in [5, 5.41) is 4.08. The van der Waals surface area contributed by atoms with E-state index in [0.717, 1.165) is 24.5 Å². The van der Waals surface area contributed by atoms with Crippen LogP contribution in [0.15, 0.2) is 36.5 Å². The van der Waals surface area contributed by atoms with Crippen LogP contribution in [0, 0.1) is 0 Å². The fourth-order valence-electron chi connectivity index (χ4n) is 3.16. The van der Waals surface area contributed by atoms with E-state index in [1.165, 1.54) is 6.20 Å². The molecule has 0 saturated carbocycles. The van der Waals surface area contributed by atoms with Gasteiger partial charge in [0.2, 0.25) is 5.91 Å². The van der Waals surface area contributed by atoms with Gasteiger partial charge in [0.15, 0.2) is 0 Å². The van der Waals surface area contributed by atoms with Crippen LogP contribution in [0.4, 0.5) is 0 Å². The van der Waals surface area contributed by atoms with Gasteiger partial charge >= 0.3 is 0 Å². The third-order valence-corrected chi connectivity index (χ3v) is 5.32. The first kappa shape index (κ1) is 18.3. The van der Waals surface area contributed by atoms with Gasteiger partial charge in [-0.2, -0.15) is 0 Å². The Morgan fingerprint density at radius 1 is 1.19 bits per heavy atom. The molecule has 1 unspecified atom stereocenters. The molecule has 1 aliphatic heterocycles. The zero-order valence-electron chi connectivity index (χ0n) is 14.5. The number of pyridine rings is 1. The van der Waals surface area contributed by atoms with Crippen LogP contribution >= 0.6 is 0 Å². The Morgan fingerprint density at radius 3 is 2.58 bits per heavy atom. The molecule has 2 aromatic rings. The smallest absolute Gasteiger partial charge is 0.271 e. The second kappa shape index (κ2) is 7.41. The Morgan fingerprint density at radius 2 is 1.88 bits per heavy atom. The number of nitrogens with one attached hydrogen (secondary N) is 1. The number of hydrogen-bond acceptors (Lipinski definition) is 5. The lowest BCUT2D eigenvalue weighted by atomic mass is 10.1. The maximum absolute atomic E-state index is 12.7. The number of nitrogens with zero attached hydrogens (tertiary/aromatic N) is 2. The fourth-order valence-corrected chi connectivity index (χ4v) is 3.99. The van der Waals surface area contributed by atoms with Crippen molar-refractivity contribution < 1.29 is 18.0 Å². The molecule has 2 heterocycles. The molecular formula is C18H21N3O4S. The molecule has 0 bridgehead atoms. The number of likely N-dealkylation sites (tertiary alicyclic amines) is 1. The molecule has 0 aliphatic carbocycles. The van der Waals surface area contributed by atoms with Crippen LogP contribution in [0.1, 0.15) is 23.3 Å². The second-order valence-corrected chi connectivity index (χ2v) is 8.72. The summed E-state index contributed by atoms with van der Waals surface area (Å²) in [4.78, 5) is 31.1. The first-order valence-electron chi connectivity index (χ1n) is 8.46. The molecule has 2 amide bonds. The summed E-state index contributed by atoms with van der Waals surface area (Å²) >= 11 is 0. The third kappa shape index (κ3) is 4.19. The van der Waals surface area contributed by atoms with Gasteiger partial charge in [-0.3, -0.25) is 14.6 Å². The van der Waals surface area contributed by atoms with E-state index < -0.39 is 27.5 Å². The molecule has 1 aliphatic rings. The highest BCUT2D eigenvalue weighted by Gasteiger charge is 2.31. The van der Waals surface area contributed by atoms with Crippen LogP contribution in [0.25, 0.3) is 10.8 Å². The molecule has 1 fully saturated rings.